The van der Waals surface area contributed by atoms with Crippen molar-refractivity contribution in [1.82, 2.24) is 9.55 Å². The standard InChI is InChI=1S/C11H18N2OS/c1-2-3-4-5-6-9-14-11(15)13-8-7-12-10-13/h7-8,10H,2-6,9H2,1H3. The number of aromatic nitrogens is 2. The number of hydrogen-bond donors (Lipinski definition) is 0. The van der Waals surface area contributed by atoms with Crippen LogP contribution in [-0.2, 0) is 4.74 Å². The molecule has 1 aromatic rings. The predicted molar refractivity (Wildman–Crippen MR) is 64.9 cm³/mol. The van der Waals surface area contributed by atoms with Crippen LogP contribution in [0.4, 0.5) is 0 Å². The van der Waals surface area contributed by atoms with Crippen LogP contribution in [0.3, 0.4) is 0 Å². The molecule has 0 atom stereocenters. The van der Waals surface area contributed by atoms with Gasteiger partial charge in [-0.3, -0.25) is 4.57 Å². The lowest BCUT2D eigenvalue weighted by Gasteiger charge is -2.06. The first-order valence-electron chi connectivity index (χ1n) is 5.49. The highest BCUT2D eigenvalue weighted by Crippen LogP contribution is 2.03. The molecule has 0 saturated heterocycles. The van der Waals surface area contributed by atoms with E-state index in [-0.39, 0.29) is 0 Å². The number of unbranched alkanes of at least 4 members (excludes halogenated alkanes) is 4. The van der Waals surface area contributed by atoms with E-state index in [4.69, 9.17) is 17.0 Å². The Labute approximate surface area is 96.5 Å². The second-order valence-electron chi connectivity index (χ2n) is 3.50. The van der Waals surface area contributed by atoms with Gasteiger partial charge in [-0.15, -0.1) is 0 Å². The van der Waals surface area contributed by atoms with Crippen LogP contribution in [0.1, 0.15) is 39.0 Å². The summed E-state index contributed by atoms with van der Waals surface area (Å²) < 4.78 is 7.13. The van der Waals surface area contributed by atoms with E-state index in [2.05, 4.69) is 11.9 Å². The Morgan fingerprint density at radius 3 is 2.80 bits per heavy atom. The molecule has 0 aromatic carbocycles. The van der Waals surface area contributed by atoms with Crippen molar-refractivity contribution in [3.8, 4) is 0 Å². The molecule has 0 aliphatic rings. The second-order valence-corrected chi connectivity index (χ2v) is 3.85. The highest BCUT2D eigenvalue weighted by atomic mass is 32.1. The third-order valence-electron chi connectivity index (χ3n) is 2.19. The fraction of sp³-hybridized carbons (Fsp3) is 0.636. The summed E-state index contributed by atoms with van der Waals surface area (Å²) in [5.41, 5.74) is 0. The van der Waals surface area contributed by atoms with E-state index in [0.29, 0.717) is 11.8 Å². The molecular weight excluding hydrogens is 208 g/mol. The van der Waals surface area contributed by atoms with Crippen LogP contribution in [0.2, 0.25) is 0 Å². The largest absolute Gasteiger partial charge is 0.470 e. The van der Waals surface area contributed by atoms with Crippen LogP contribution in [0.25, 0.3) is 0 Å². The first-order chi connectivity index (χ1) is 7.34. The zero-order valence-electron chi connectivity index (χ0n) is 9.19. The van der Waals surface area contributed by atoms with Crippen LogP contribution < -0.4 is 0 Å². The van der Waals surface area contributed by atoms with Crippen molar-refractivity contribution in [2.45, 2.75) is 39.0 Å². The topological polar surface area (TPSA) is 27.1 Å². The van der Waals surface area contributed by atoms with E-state index in [0.717, 1.165) is 6.42 Å². The number of hydrogen-bond acceptors (Lipinski definition) is 3. The van der Waals surface area contributed by atoms with Crippen LogP contribution in [-0.4, -0.2) is 21.3 Å². The third-order valence-corrected chi connectivity index (χ3v) is 2.52. The molecule has 0 spiro atoms. The molecule has 0 amide bonds. The Kier molecular flexibility index (Phi) is 6.00. The van der Waals surface area contributed by atoms with Gasteiger partial charge >= 0.3 is 0 Å². The van der Waals surface area contributed by atoms with Gasteiger partial charge in [0, 0.05) is 12.4 Å². The number of ether oxygens (including phenoxy) is 1. The van der Waals surface area contributed by atoms with Crippen LogP contribution in [0.5, 0.6) is 0 Å². The van der Waals surface area contributed by atoms with Crippen molar-refractivity contribution in [2.75, 3.05) is 6.61 Å². The summed E-state index contributed by atoms with van der Waals surface area (Å²) in [5.74, 6) is 0. The van der Waals surface area contributed by atoms with E-state index < -0.39 is 0 Å². The van der Waals surface area contributed by atoms with Gasteiger partial charge in [0.1, 0.15) is 6.33 Å². The van der Waals surface area contributed by atoms with E-state index in [1.54, 1.807) is 23.3 Å². The Hall–Kier alpha value is -0.900. The zero-order valence-corrected chi connectivity index (χ0v) is 10.0. The van der Waals surface area contributed by atoms with Gasteiger partial charge in [-0.25, -0.2) is 4.98 Å². The van der Waals surface area contributed by atoms with Crippen LogP contribution >= 0.6 is 12.2 Å². The third kappa shape index (κ3) is 4.93. The molecular formula is C11H18N2OS. The fourth-order valence-electron chi connectivity index (χ4n) is 1.31. The van der Waals surface area contributed by atoms with Gasteiger partial charge in [-0.05, 0) is 18.6 Å². The number of rotatable bonds is 6. The normalized spacial score (nSPS) is 10.2. The monoisotopic (exact) mass is 226 g/mol. The van der Waals surface area contributed by atoms with Gasteiger partial charge in [0.25, 0.3) is 5.17 Å². The van der Waals surface area contributed by atoms with Crippen molar-refractivity contribution < 1.29 is 4.74 Å². The summed E-state index contributed by atoms with van der Waals surface area (Å²) in [7, 11) is 0. The lowest BCUT2D eigenvalue weighted by molar-refractivity contribution is 0.288. The molecule has 1 rings (SSSR count). The van der Waals surface area contributed by atoms with Crippen molar-refractivity contribution in [3.63, 3.8) is 0 Å². The molecule has 15 heavy (non-hydrogen) atoms. The molecule has 1 aromatic heterocycles. The molecule has 0 radical (unpaired) electrons. The van der Waals surface area contributed by atoms with Crippen LogP contribution in [0.15, 0.2) is 18.7 Å². The number of imidazole rings is 1. The summed E-state index contributed by atoms with van der Waals surface area (Å²) in [6, 6.07) is 0. The molecule has 0 aliphatic carbocycles. The molecule has 3 nitrogen and oxygen atoms in total. The van der Waals surface area contributed by atoms with Crippen LogP contribution in [0, 0.1) is 0 Å². The first-order valence-corrected chi connectivity index (χ1v) is 5.90. The maximum Gasteiger partial charge on any atom is 0.268 e. The molecule has 0 unspecified atom stereocenters. The maximum absolute atomic E-state index is 5.42. The maximum atomic E-state index is 5.42. The zero-order chi connectivity index (χ0) is 10.9. The van der Waals surface area contributed by atoms with Gasteiger partial charge in [-0.2, -0.15) is 0 Å². The molecule has 1 heterocycles. The minimum absolute atomic E-state index is 0.489. The number of nitrogens with zero attached hydrogens (tertiary/aromatic N) is 2. The molecule has 0 saturated carbocycles. The van der Waals surface area contributed by atoms with Crippen molar-refractivity contribution >= 4 is 17.4 Å². The minimum atomic E-state index is 0.489. The Morgan fingerprint density at radius 2 is 2.13 bits per heavy atom. The van der Waals surface area contributed by atoms with Gasteiger partial charge in [0.05, 0.1) is 6.61 Å². The van der Waals surface area contributed by atoms with Crippen molar-refractivity contribution in [2.24, 2.45) is 0 Å². The summed E-state index contributed by atoms with van der Waals surface area (Å²) >= 11 is 5.08. The SMILES string of the molecule is CCCCCCCOC(=S)n1ccnc1. The van der Waals surface area contributed by atoms with Gasteiger partial charge in [0.15, 0.2) is 0 Å². The van der Waals surface area contributed by atoms with Gasteiger partial charge < -0.3 is 4.74 Å². The van der Waals surface area contributed by atoms with Crippen molar-refractivity contribution in [1.29, 1.82) is 0 Å². The Morgan fingerprint density at radius 1 is 1.33 bits per heavy atom. The molecule has 0 aliphatic heterocycles. The first kappa shape index (κ1) is 12.2. The lowest BCUT2D eigenvalue weighted by Crippen LogP contribution is -2.12. The van der Waals surface area contributed by atoms with E-state index in [1.807, 2.05) is 0 Å². The summed E-state index contributed by atoms with van der Waals surface area (Å²) in [6.07, 6.45) is 11.3. The fourth-order valence-corrected chi connectivity index (χ4v) is 1.50. The van der Waals surface area contributed by atoms with E-state index >= 15 is 0 Å². The van der Waals surface area contributed by atoms with Crippen molar-refractivity contribution in [3.05, 3.63) is 18.7 Å². The molecule has 0 bridgehead atoms. The highest BCUT2D eigenvalue weighted by Gasteiger charge is 1.98. The van der Waals surface area contributed by atoms with E-state index in [9.17, 15) is 0 Å². The van der Waals surface area contributed by atoms with E-state index in [1.165, 1.54) is 25.7 Å². The predicted octanol–water partition coefficient (Wildman–Crippen LogP) is 3.00. The average molecular weight is 226 g/mol. The lowest BCUT2D eigenvalue weighted by atomic mass is 10.2. The smallest absolute Gasteiger partial charge is 0.268 e. The molecule has 4 heteroatoms. The summed E-state index contributed by atoms with van der Waals surface area (Å²) in [4.78, 5) is 3.91. The summed E-state index contributed by atoms with van der Waals surface area (Å²) in [5, 5.41) is 0.489. The van der Waals surface area contributed by atoms with Gasteiger partial charge in [-0.1, -0.05) is 32.6 Å². The number of thiocarbonyl (C=S) groups is 1. The Balaban J connectivity index is 2.03. The summed E-state index contributed by atoms with van der Waals surface area (Å²) in [6.45, 7) is 2.92. The Bertz CT molecular complexity index is 272. The highest BCUT2D eigenvalue weighted by molar-refractivity contribution is 7.80. The second kappa shape index (κ2) is 7.40. The minimum Gasteiger partial charge on any atom is -0.470 e. The molecule has 0 fully saturated rings. The molecule has 84 valence electrons. The average Bonchev–Trinajstić information content (AvgIpc) is 2.76. The molecule has 0 N–H and O–H groups in total. The quantitative estimate of drug-likeness (QED) is 0.551. The van der Waals surface area contributed by atoms with Gasteiger partial charge in [0.2, 0.25) is 0 Å².